The molecule has 0 spiro atoms. The van der Waals surface area contributed by atoms with Crippen molar-refractivity contribution in [2.45, 2.75) is 64.6 Å². The summed E-state index contributed by atoms with van der Waals surface area (Å²) in [5.41, 5.74) is 6.64. The maximum absolute atomic E-state index is 6.61. The molecule has 1 aromatic rings. The first-order valence-corrected chi connectivity index (χ1v) is 7.65. The first-order chi connectivity index (χ1) is 9.13. The van der Waals surface area contributed by atoms with Gasteiger partial charge in [0.25, 0.3) is 0 Å². The van der Waals surface area contributed by atoms with Gasteiger partial charge in [0.15, 0.2) is 0 Å². The lowest BCUT2D eigenvalue weighted by Crippen LogP contribution is -2.52. The highest BCUT2D eigenvalue weighted by Gasteiger charge is 2.40. The van der Waals surface area contributed by atoms with Crippen LogP contribution in [0.25, 0.3) is 0 Å². The van der Waals surface area contributed by atoms with Gasteiger partial charge in [-0.2, -0.15) is 0 Å². The molecule has 19 heavy (non-hydrogen) atoms. The molecule has 4 heteroatoms. The summed E-state index contributed by atoms with van der Waals surface area (Å²) in [6.07, 6.45) is 8.71. The van der Waals surface area contributed by atoms with E-state index in [1.165, 1.54) is 25.9 Å². The van der Waals surface area contributed by atoms with Crippen molar-refractivity contribution in [3.63, 3.8) is 0 Å². The molecule has 0 amide bonds. The van der Waals surface area contributed by atoms with Crippen LogP contribution in [0.4, 0.5) is 0 Å². The number of aryl methyl sites for hydroxylation is 1. The Bertz CT molecular complexity index is 395. The summed E-state index contributed by atoms with van der Waals surface area (Å²) in [4.78, 5) is 7.09. The second-order valence-electron chi connectivity index (χ2n) is 5.86. The molecule has 2 unspecified atom stereocenters. The smallest absolute Gasteiger partial charge is 0.127 e. The Kier molecular flexibility index (Phi) is 4.63. The SMILES string of the molecule is CCCn1ccnc1C(N)C(C)(CC)N1CCCC1. The number of hydrogen-bond acceptors (Lipinski definition) is 3. The van der Waals surface area contributed by atoms with Gasteiger partial charge in [0.05, 0.1) is 6.04 Å². The molecule has 0 aliphatic carbocycles. The molecule has 108 valence electrons. The molecule has 1 saturated heterocycles. The summed E-state index contributed by atoms with van der Waals surface area (Å²) in [5.74, 6) is 1.04. The van der Waals surface area contributed by atoms with Gasteiger partial charge in [-0.3, -0.25) is 4.90 Å². The minimum absolute atomic E-state index is 0.0165. The molecule has 0 radical (unpaired) electrons. The van der Waals surface area contributed by atoms with Crippen LogP contribution < -0.4 is 5.73 Å². The fraction of sp³-hybridized carbons (Fsp3) is 0.800. The van der Waals surface area contributed by atoms with Gasteiger partial charge >= 0.3 is 0 Å². The zero-order valence-electron chi connectivity index (χ0n) is 12.6. The van der Waals surface area contributed by atoms with Crippen molar-refractivity contribution < 1.29 is 0 Å². The molecule has 1 aliphatic heterocycles. The first-order valence-electron chi connectivity index (χ1n) is 7.65. The molecule has 1 aliphatic rings. The molecule has 0 bridgehead atoms. The number of rotatable bonds is 6. The quantitative estimate of drug-likeness (QED) is 0.859. The Morgan fingerprint density at radius 1 is 1.37 bits per heavy atom. The van der Waals surface area contributed by atoms with Crippen molar-refractivity contribution >= 4 is 0 Å². The lowest BCUT2D eigenvalue weighted by Gasteiger charge is -2.42. The van der Waals surface area contributed by atoms with E-state index in [2.05, 4.69) is 41.4 Å². The molecule has 1 aromatic heterocycles. The highest BCUT2D eigenvalue weighted by Crippen LogP contribution is 2.34. The van der Waals surface area contributed by atoms with E-state index in [4.69, 9.17) is 5.73 Å². The average Bonchev–Trinajstić information content (AvgIpc) is 3.08. The summed E-state index contributed by atoms with van der Waals surface area (Å²) >= 11 is 0. The standard InChI is InChI=1S/C15H28N4/c1-4-9-18-12-8-17-14(18)13(16)15(3,5-2)19-10-6-7-11-19/h8,12-13H,4-7,9-11,16H2,1-3H3. The second-order valence-corrected chi connectivity index (χ2v) is 5.86. The van der Waals surface area contributed by atoms with Crippen molar-refractivity contribution in [1.29, 1.82) is 0 Å². The third kappa shape index (κ3) is 2.70. The zero-order chi connectivity index (χ0) is 13.9. The van der Waals surface area contributed by atoms with E-state index >= 15 is 0 Å². The number of nitrogens with two attached hydrogens (primary N) is 1. The fourth-order valence-electron chi connectivity index (χ4n) is 3.18. The Hall–Kier alpha value is -0.870. The average molecular weight is 264 g/mol. The van der Waals surface area contributed by atoms with Crippen LogP contribution in [0.2, 0.25) is 0 Å². The van der Waals surface area contributed by atoms with Crippen LogP contribution in [0, 0.1) is 0 Å². The highest BCUT2D eigenvalue weighted by molar-refractivity contribution is 5.09. The summed E-state index contributed by atoms with van der Waals surface area (Å²) < 4.78 is 2.22. The van der Waals surface area contributed by atoms with E-state index in [1.807, 2.05) is 6.20 Å². The predicted octanol–water partition coefficient (Wildman–Crippen LogP) is 2.56. The van der Waals surface area contributed by atoms with Crippen LogP contribution in [0.5, 0.6) is 0 Å². The van der Waals surface area contributed by atoms with Crippen molar-refractivity contribution in [2.75, 3.05) is 13.1 Å². The largest absolute Gasteiger partial charge is 0.334 e. The highest BCUT2D eigenvalue weighted by atomic mass is 15.2. The van der Waals surface area contributed by atoms with Crippen LogP contribution in [-0.2, 0) is 6.54 Å². The maximum atomic E-state index is 6.61. The minimum Gasteiger partial charge on any atom is -0.334 e. The van der Waals surface area contributed by atoms with Gasteiger partial charge < -0.3 is 10.3 Å². The van der Waals surface area contributed by atoms with E-state index in [-0.39, 0.29) is 11.6 Å². The molecule has 0 saturated carbocycles. The number of imidazole rings is 1. The van der Waals surface area contributed by atoms with Gasteiger partial charge in [0.1, 0.15) is 5.82 Å². The van der Waals surface area contributed by atoms with E-state index < -0.39 is 0 Å². The third-order valence-corrected chi connectivity index (χ3v) is 4.70. The van der Waals surface area contributed by atoms with Crippen molar-refractivity contribution in [2.24, 2.45) is 5.73 Å². The van der Waals surface area contributed by atoms with E-state index in [0.29, 0.717) is 0 Å². The van der Waals surface area contributed by atoms with Crippen LogP contribution in [0.3, 0.4) is 0 Å². The number of aromatic nitrogens is 2. The van der Waals surface area contributed by atoms with Crippen molar-refractivity contribution in [3.8, 4) is 0 Å². The Morgan fingerprint density at radius 3 is 2.63 bits per heavy atom. The van der Waals surface area contributed by atoms with E-state index in [9.17, 15) is 0 Å². The van der Waals surface area contributed by atoms with Gasteiger partial charge in [-0.25, -0.2) is 4.98 Å². The molecule has 0 aromatic carbocycles. The number of likely N-dealkylation sites (tertiary alicyclic amines) is 1. The zero-order valence-corrected chi connectivity index (χ0v) is 12.6. The second kappa shape index (κ2) is 6.06. The Labute approximate surface area is 117 Å². The molecule has 2 rings (SSSR count). The van der Waals surface area contributed by atoms with Gasteiger partial charge in [-0.15, -0.1) is 0 Å². The number of hydrogen-bond donors (Lipinski definition) is 1. The molecule has 4 nitrogen and oxygen atoms in total. The summed E-state index contributed by atoms with van der Waals surface area (Å²) in [7, 11) is 0. The Morgan fingerprint density at radius 2 is 2.05 bits per heavy atom. The van der Waals surface area contributed by atoms with Crippen LogP contribution in [0.1, 0.15) is 58.3 Å². The van der Waals surface area contributed by atoms with Gasteiger partial charge in [-0.1, -0.05) is 13.8 Å². The van der Waals surface area contributed by atoms with Crippen LogP contribution in [0.15, 0.2) is 12.4 Å². The van der Waals surface area contributed by atoms with Crippen molar-refractivity contribution in [3.05, 3.63) is 18.2 Å². The maximum Gasteiger partial charge on any atom is 0.127 e. The van der Waals surface area contributed by atoms with Crippen molar-refractivity contribution in [1.82, 2.24) is 14.5 Å². The molecule has 1 fully saturated rings. The summed E-state index contributed by atoms with van der Waals surface area (Å²) in [6.45, 7) is 10.1. The summed E-state index contributed by atoms with van der Waals surface area (Å²) in [6, 6.07) is -0.0165. The summed E-state index contributed by atoms with van der Waals surface area (Å²) in [5, 5.41) is 0. The molecule has 2 N–H and O–H groups in total. The number of nitrogens with zero attached hydrogens (tertiary/aromatic N) is 3. The van der Waals surface area contributed by atoms with E-state index in [0.717, 1.165) is 25.2 Å². The van der Waals surface area contributed by atoms with Gasteiger partial charge in [0, 0.05) is 24.5 Å². The normalized spacial score (nSPS) is 21.5. The first kappa shape index (κ1) is 14.5. The molecular formula is C15H28N4. The van der Waals surface area contributed by atoms with Crippen LogP contribution >= 0.6 is 0 Å². The third-order valence-electron chi connectivity index (χ3n) is 4.70. The monoisotopic (exact) mass is 264 g/mol. The fourth-order valence-corrected chi connectivity index (χ4v) is 3.18. The molecular weight excluding hydrogens is 236 g/mol. The van der Waals surface area contributed by atoms with Crippen LogP contribution in [-0.4, -0.2) is 33.1 Å². The molecule has 2 atom stereocenters. The lowest BCUT2D eigenvalue weighted by molar-refractivity contribution is 0.0953. The lowest BCUT2D eigenvalue weighted by atomic mass is 9.87. The topological polar surface area (TPSA) is 47.1 Å². The van der Waals surface area contributed by atoms with Gasteiger partial charge in [-0.05, 0) is 45.7 Å². The van der Waals surface area contributed by atoms with E-state index in [1.54, 1.807) is 0 Å². The molecule has 2 heterocycles. The minimum atomic E-state index is -0.0165. The predicted molar refractivity (Wildman–Crippen MR) is 78.9 cm³/mol. The van der Waals surface area contributed by atoms with Gasteiger partial charge in [0.2, 0.25) is 0 Å². The Balaban J connectivity index is 2.23.